The van der Waals surface area contributed by atoms with E-state index in [-0.39, 0.29) is 18.0 Å². The van der Waals surface area contributed by atoms with Gasteiger partial charge in [-0.1, -0.05) is 30.3 Å². The predicted octanol–water partition coefficient (Wildman–Crippen LogP) is 3.70. The number of benzene rings is 3. The lowest BCUT2D eigenvalue weighted by Crippen LogP contribution is -2.40. The average molecular weight is 491 g/mol. The van der Waals surface area contributed by atoms with Crippen LogP contribution < -0.4 is 14.4 Å². The van der Waals surface area contributed by atoms with Crippen LogP contribution in [-0.2, 0) is 21.4 Å². The number of nitrogens with zero attached hydrogens (tertiary/aromatic N) is 3. The molecule has 0 aliphatic rings. The van der Waals surface area contributed by atoms with Crippen LogP contribution in [0, 0.1) is 6.92 Å². The molecule has 4 rings (SSSR count). The van der Waals surface area contributed by atoms with E-state index in [1.165, 1.54) is 19.2 Å². The Kier molecular flexibility index (Phi) is 7.17. The van der Waals surface area contributed by atoms with Gasteiger partial charge in [-0.05, 0) is 61.0 Å². The maximum absolute atomic E-state index is 13.4. The zero-order valence-electron chi connectivity index (χ0n) is 19.5. The number of hydrogen-bond acceptors (Lipinski definition) is 5. The molecule has 0 saturated carbocycles. The van der Waals surface area contributed by atoms with E-state index < -0.39 is 15.9 Å². The van der Waals surface area contributed by atoms with Gasteiger partial charge < -0.3 is 14.6 Å². The summed E-state index contributed by atoms with van der Waals surface area (Å²) >= 11 is 0. The van der Waals surface area contributed by atoms with Crippen LogP contribution in [0.3, 0.4) is 0 Å². The SMILES string of the molecule is COc1ccc(S(=O)(=O)N(CC(=O)NCc2ccc(-n3ccnc3C)cc2)c2ccccc2)cc1. The number of aromatic nitrogens is 2. The van der Waals surface area contributed by atoms with Gasteiger partial charge in [0.05, 0.1) is 17.7 Å². The largest absolute Gasteiger partial charge is 0.497 e. The number of aryl methyl sites for hydroxylation is 1. The van der Waals surface area contributed by atoms with E-state index >= 15 is 0 Å². The standard InChI is InChI=1S/C26H26N4O4S/c1-20-27-16-17-29(20)22-10-8-21(9-11-22)18-28-26(31)19-30(23-6-4-3-5-7-23)35(32,33)25-14-12-24(34-2)13-15-25/h3-17H,18-19H2,1-2H3,(H,28,31). The van der Waals surface area contributed by atoms with Crippen molar-refractivity contribution in [3.63, 3.8) is 0 Å². The summed E-state index contributed by atoms with van der Waals surface area (Å²) in [6.45, 7) is 1.84. The highest BCUT2D eigenvalue weighted by molar-refractivity contribution is 7.92. The van der Waals surface area contributed by atoms with Crippen LogP contribution in [0.5, 0.6) is 5.75 Å². The van der Waals surface area contributed by atoms with Gasteiger partial charge in [-0.15, -0.1) is 0 Å². The van der Waals surface area contributed by atoms with Gasteiger partial charge in [0.15, 0.2) is 0 Å². The number of methoxy groups -OCH3 is 1. The molecule has 35 heavy (non-hydrogen) atoms. The van der Waals surface area contributed by atoms with Crippen LogP contribution in [0.15, 0.2) is 96.2 Å². The minimum absolute atomic E-state index is 0.0698. The Hall–Kier alpha value is -4.11. The lowest BCUT2D eigenvalue weighted by molar-refractivity contribution is -0.119. The van der Waals surface area contributed by atoms with Crippen LogP contribution in [0.2, 0.25) is 0 Å². The fourth-order valence-electron chi connectivity index (χ4n) is 3.60. The molecule has 1 aromatic heterocycles. The summed E-state index contributed by atoms with van der Waals surface area (Å²) < 4.78 is 35.0. The van der Waals surface area contributed by atoms with Crippen LogP contribution in [0.4, 0.5) is 5.69 Å². The minimum atomic E-state index is -3.98. The highest BCUT2D eigenvalue weighted by Gasteiger charge is 2.27. The molecule has 0 fully saturated rings. The summed E-state index contributed by atoms with van der Waals surface area (Å²) in [4.78, 5) is 17.1. The number of anilines is 1. The molecular formula is C26H26N4O4S. The number of rotatable bonds is 9. The molecule has 0 unspecified atom stereocenters. The van der Waals surface area contributed by atoms with Crippen LogP contribution in [0.25, 0.3) is 5.69 Å². The van der Waals surface area contributed by atoms with Gasteiger partial charge >= 0.3 is 0 Å². The zero-order valence-corrected chi connectivity index (χ0v) is 20.3. The first-order valence-electron chi connectivity index (χ1n) is 11.0. The Morgan fingerprint density at radius 3 is 2.29 bits per heavy atom. The van der Waals surface area contributed by atoms with Crippen molar-refractivity contribution in [2.75, 3.05) is 18.0 Å². The van der Waals surface area contributed by atoms with Crippen molar-refractivity contribution in [3.05, 3.63) is 103 Å². The molecule has 0 atom stereocenters. The maximum atomic E-state index is 13.4. The van der Waals surface area contributed by atoms with E-state index in [0.717, 1.165) is 21.4 Å². The molecule has 0 aliphatic carbocycles. The molecule has 0 bridgehead atoms. The molecule has 0 aliphatic heterocycles. The second-order valence-corrected chi connectivity index (χ2v) is 9.67. The second-order valence-electron chi connectivity index (χ2n) is 7.81. The first-order valence-corrected chi connectivity index (χ1v) is 12.4. The molecule has 1 amide bonds. The fraction of sp³-hybridized carbons (Fsp3) is 0.154. The molecule has 180 valence electrons. The van der Waals surface area contributed by atoms with Crippen molar-refractivity contribution < 1.29 is 17.9 Å². The number of para-hydroxylation sites is 1. The number of sulfonamides is 1. The molecule has 0 spiro atoms. The summed E-state index contributed by atoms with van der Waals surface area (Å²) in [5.74, 6) is 1.01. The summed E-state index contributed by atoms with van der Waals surface area (Å²) in [5.41, 5.74) is 2.26. The summed E-state index contributed by atoms with van der Waals surface area (Å²) in [6, 6.07) is 22.4. The lowest BCUT2D eigenvalue weighted by atomic mass is 10.2. The summed E-state index contributed by atoms with van der Waals surface area (Å²) in [5, 5.41) is 2.82. The second kappa shape index (κ2) is 10.4. The highest BCUT2D eigenvalue weighted by Crippen LogP contribution is 2.25. The topological polar surface area (TPSA) is 93.5 Å². The van der Waals surface area contributed by atoms with Gasteiger partial charge in [0.25, 0.3) is 10.0 Å². The first kappa shape index (κ1) is 24.0. The number of carbonyl (C=O) groups excluding carboxylic acids is 1. The van der Waals surface area contributed by atoms with Crippen molar-refractivity contribution in [1.82, 2.24) is 14.9 Å². The monoisotopic (exact) mass is 490 g/mol. The molecule has 1 heterocycles. The Morgan fingerprint density at radius 2 is 1.69 bits per heavy atom. The van der Waals surface area contributed by atoms with Crippen molar-refractivity contribution in [2.24, 2.45) is 0 Å². The van der Waals surface area contributed by atoms with Crippen LogP contribution >= 0.6 is 0 Å². The molecule has 9 heteroatoms. The van der Waals surface area contributed by atoms with Crippen molar-refractivity contribution >= 4 is 21.6 Å². The van der Waals surface area contributed by atoms with Crippen LogP contribution in [-0.4, -0.2) is 37.5 Å². The third kappa shape index (κ3) is 5.52. The fourth-order valence-corrected chi connectivity index (χ4v) is 5.02. The van der Waals surface area contributed by atoms with E-state index in [4.69, 9.17) is 4.74 Å². The van der Waals surface area contributed by atoms with Gasteiger partial charge in [-0.2, -0.15) is 0 Å². The summed E-state index contributed by atoms with van der Waals surface area (Å²) in [6.07, 6.45) is 3.62. The van der Waals surface area contributed by atoms with E-state index in [0.29, 0.717) is 11.4 Å². The average Bonchev–Trinajstić information content (AvgIpc) is 3.32. The normalized spacial score (nSPS) is 11.1. The van der Waals surface area contributed by atoms with Crippen molar-refractivity contribution in [2.45, 2.75) is 18.4 Å². The third-order valence-corrected chi connectivity index (χ3v) is 7.30. The highest BCUT2D eigenvalue weighted by atomic mass is 32.2. The van der Waals surface area contributed by atoms with Crippen molar-refractivity contribution in [1.29, 1.82) is 0 Å². The molecule has 3 aromatic carbocycles. The molecule has 0 saturated heterocycles. The van der Waals surface area contributed by atoms with Crippen LogP contribution in [0.1, 0.15) is 11.4 Å². The Labute approximate surface area is 204 Å². The number of imidazole rings is 1. The Morgan fingerprint density at radius 1 is 1.00 bits per heavy atom. The number of hydrogen-bond donors (Lipinski definition) is 1. The van der Waals surface area contributed by atoms with Gasteiger partial charge in [0, 0.05) is 24.6 Å². The number of amides is 1. The summed E-state index contributed by atoms with van der Waals surface area (Å²) in [7, 11) is -2.47. The molecule has 8 nitrogen and oxygen atoms in total. The molecule has 0 radical (unpaired) electrons. The van der Waals surface area contributed by atoms with E-state index in [9.17, 15) is 13.2 Å². The minimum Gasteiger partial charge on any atom is -0.497 e. The molecular weight excluding hydrogens is 464 g/mol. The number of carbonyl (C=O) groups is 1. The predicted molar refractivity (Wildman–Crippen MR) is 134 cm³/mol. The lowest BCUT2D eigenvalue weighted by Gasteiger charge is -2.24. The number of ether oxygens (including phenoxy) is 1. The van der Waals surface area contributed by atoms with Gasteiger partial charge in [0.2, 0.25) is 5.91 Å². The zero-order chi connectivity index (χ0) is 24.8. The van der Waals surface area contributed by atoms with E-state index in [1.807, 2.05) is 42.0 Å². The van der Waals surface area contributed by atoms with E-state index in [2.05, 4.69) is 10.3 Å². The Balaban J connectivity index is 1.48. The quantitative estimate of drug-likeness (QED) is 0.386. The maximum Gasteiger partial charge on any atom is 0.264 e. The van der Waals surface area contributed by atoms with Gasteiger partial charge in [0.1, 0.15) is 18.1 Å². The molecule has 4 aromatic rings. The Bertz CT molecular complexity index is 1380. The van der Waals surface area contributed by atoms with Gasteiger partial charge in [-0.25, -0.2) is 13.4 Å². The smallest absolute Gasteiger partial charge is 0.264 e. The van der Waals surface area contributed by atoms with Crippen molar-refractivity contribution in [3.8, 4) is 11.4 Å². The number of nitrogens with one attached hydrogen (secondary N) is 1. The van der Waals surface area contributed by atoms with Gasteiger partial charge in [-0.3, -0.25) is 9.10 Å². The van der Waals surface area contributed by atoms with E-state index in [1.54, 1.807) is 48.7 Å². The third-order valence-electron chi connectivity index (χ3n) is 5.51. The molecule has 1 N–H and O–H groups in total. The first-order chi connectivity index (χ1) is 16.9.